The molecule has 1 unspecified atom stereocenters. The van der Waals surface area contributed by atoms with E-state index in [2.05, 4.69) is 16.0 Å². The predicted molar refractivity (Wildman–Crippen MR) is 151 cm³/mol. The number of fused-ring (bicyclic) bond motifs is 1. The third kappa shape index (κ3) is 7.27. The van der Waals surface area contributed by atoms with E-state index in [4.69, 9.17) is 0 Å². The van der Waals surface area contributed by atoms with Crippen LogP contribution < -0.4 is 16.0 Å². The van der Waals surface area contributed by atoms with Gasteiger partial charge in [-0.25, -0.2) is 0 Å². The lowest BCUT2D eigenvalue weighted by Gasteiger charge is -2.33. The van der Waals surface area contributed by atoms with E-state index < -0.39 is 47.7 Å². The van der Waals surface area contributed by atoms with E-state index in [1.807, 2.05) is 6.92 Å². The highest BCUT2D eigenvalue weighted by Crippen LogP contribution is 2.42. The molecule has 1 aromatic rings. The van der Waals surface area contributed by atoms with E-state index >= 15 is 0 Å². The van der Waals surface area contributed by atoms with Gasteiger partial charge < -0.3 is 26.0 Å². The van der Waals surface area contributed by atoms with Gasteiger partial charge in [0.2, 0.25) is 23.5 Å². The Balaban J connectivity index is 1.79. The molecule has 6 atom stereocenters. The van der Waals surface area contributed by atoms with E-state index in [-0.39, 0.29) is 36.0 Å². The number of carbonyl (C=O) groups excluding carboxylic acids is 5. The summed E-state index contributed by atoms with van der Waals surface area (Å²) in [6.07, 6.45) is 2.20. The van der Waals surface area contributed by atoms with Crippen LogP contribution in [0.4, 0.5) is 5.69 Å². The molecular formula is C30H44N4O6. The summed E-state index contributed by atoms with van der Waals surface area (Å²) in [5.74, 6) is -3.54. The van der Waals surface area contributed by atoms with Crippen molar-refractivity contribution in [2.24, 2.45) is 23.7 Å². The molecule has 4 N–H and O–H groups in total. The lowest BCUT2D eigenvalue weighted by molar-refractivity contribution is -0.145. The first kappa shape index (κ1) is 31.3. The Kier molecular flexibility index (Phi) is 10.8. The van der Waals surface area contributed by atoms with Crippen LogP contribution in [0.15, 0.2) is 30.3 Å². The number of likely N-dealkylation sites (tertiary alicyclic amines) is 1. The molecule has 1 heterocycles. The third-order valence-electron chi connectivity index (χ3n) is 8.04. The molecule has 1 aliphatic heterocycles. The van der Waals surface area contributed by atoms with Crippen molar-refractivity contribution in [1.82, 2.24) is 15.5 Å². The minimum Gasteiger partial charge on any atom is -0.383 e. The molecule has 1 saturated carbocycles. The second kappa shape index (κ2) is 13.9. The Morgan fingerprint density at radius 2 is 1.65 bits per heavy atom. The topological polar surface area (TPSA) is 145 Å². The smallest absolute Gasteiger partial charge is 0.293 e. The van der Waals surface area contributed by atoms with E-state index in [0.717, 1.165) is 19.3 Å². The monoisotopic (exact) mass is 556 g/mol. The molecular weight excluding hydrogens is 512 g/mol. The minimum absolute atomic E-state index is 0.0655. The van der Waals surface area contributed by atoms with Crippen molar-refractivity contribution < 1.29 is 29.1 Å². The standard InChI is InChI=1S/C30H44N4O6/c1-6-11-22(26(36)29(39)31-20-13-8-7-9-14-20)32-27(37)24-21-15-10-12-19(21)16-34(24)30(40)23(17(2)3)33-28(38)25(35)18(4)5/h7-9,13-14,17-19,21-25,35H,6,10-12,15-16H2,1-5H3,(H,31,39)(H,32,37)(H,33,38)/t19-,21-,22?,23-,24-,25+/m0/s1. The summed E-state index contributed by atoms with van der Waals surface area (Å²) in [5.41, 5.74) is 0.480. The van der Waals surface area contributed by atoms with Gasteiger partial charge in [-0.3, -0.25) is 24.0 Å². The van der Waals surface area contributed by atoms with Crippen LogP contribution in [0.25, 0.3) is 0 Å². The van der Waals surface area contributed by atoms with Gasteiger partial charge in [0.1, 0.15) is 18.2 Å². The summed E-state index contributed by atoms with van der Waals surface area (Å²) in [4.78, 5) is 67.6. The Morgan fingerprint density at radius 1 is 0.975 bits per heavy atom. The van der Waals surface area contributed by atoms with Gasteiger partial charge in [0.15, 0.2) is 0 Å². The van der Waals surface area contributed by atoms with Crippen LogP contribution in [0, 0.1) is 23.7 Å². The summed E-state index contributed by atoms with van der Waals surface area (Å²) in [5, 5.41) is 18.3. The Hall–Kier alpha value is -3.27. The van der Waals surface area contributed by atoms with Crippen LogP contribution in [0.2, 0.25) is 0 Å². The first-order valence-electron chi connectivity index (χ1n) is 14.5. The van der Waals surface area contributed by atoms with Crippen molar-refractivity contribution in [2.45, 2.75) is 91.0 Å². The molecule has 0 radical (unpaired) electrons. The SMILES string of the molecule is CCCC(NC(=O)[C@@H]1[C@H]2CCC[C@H]2CN1C(=O)[C@@H](NC(=O)[C@H](O)C(C)C)C(C)C)C(=O)C(=O)Nc1ccccc1. The number of aliphatic hydroxyl groups excluding tert-OH is 1. The number of carbonyl (C=O) groups is 5. The van der Waals surface area contributed by atoms with Crippen molar-refractivity contribution in [3.8, 4) is 0 Å². The van der Waals surface area contributed by atoms with Crippen LogP contribution in [-0.4, -0.2) is 70.2 Å². The number of ketones is 1. The molecule has 10 nitrogen and oxygen atoms in total. The average Bonchev–Trinajstić information content (AvgIpc) is 3.52. The zero-order valence-corrected chi connectivity index (χ0v) is 24.2. The maximum Gasteiger partial charge on any atom is 0.293 e. The number of rotatable bonds is 12. The molecule has 0 spiro atoms. The van der Waals surface area contributed by atoms with Gasteiger partial charge in [-0.1, -0.05) is 65.7 Å². The number of aliphatic hydroxyl groups is 1. The van der Waals surface area contributed by atoms with Gasteiger partial charge in [-0.2, -0.15) is 0 Å². The number of para-hydroxylation sites is 1. The summed E-state index contributed by atoms with van der Waals surface area (Å²) in [6, 6.07) is 5.87. The largest absolute Gasteiger partial charge is 0.383 e. The third-order valence-corrected chi connectivity index (χ3v) is 8.04. The molecule has 1 aliphatic carbocycles. The summed E-state index contributed by atoms with van der Waals surface area (Å²) < 4.78 is 0. The van der Waals surface area contributed by atoms with Crippen molar-refractivity contribution in [3.05, 3.63) is 30.3 Å². The molecule has 220 valence electrons. The highest BCUT2D eigenvalue weighted by Gasteiger charge is 2.51. The predicted octanol–water partition coefficient (Wildman–Crippen LogP) is 2.26. The summed E-state index contributed by atoms with van der Waals surface area (Å²) in [7, 11) is 0. The van der Waals surface area contributed by atoms with Gasteiger partial charge in [0.05, 0.1) is 6.04 Å². The van der Waals surface area contributed by atoms with Gasteiger partial charge in [0, 0.05) is 12.2 Å². The Morgan fingerprint density at radius 3 is 2.25 bits per heavy atom. The molecule has 1 saturated heterocycles. The normalized spacial score (nSPS) is 22.4. The van der Waals surface area contributed by atoms with Gasteiger partial charge in [-0.05, 0) is 55.1 Å². The zero-order chi connectivity index (χ0) is 29.6. The molecule has 10 heteroatoms. The fourth-order valence-corrected chi connectivity index (χ4v) is 5.79. The summed E-state index contributed by atoms with van der Waals surface area (Å²) in [6.45, 7) is 9.28. The first-order chi connectivity index (χ1) is 19.0. The number of anilines is 1. The van der Waals surface area contributed by atoms with E-state index in [1.54, 1.807) is 58.0 Å². The molecule has 2 fully saturated rings. The Labute approximate surface area is 236 Å². The minimum atomic E-state index is -1.26. The number of Topliss-reactive ketones (excluding diaryl/α,β-unsaturated/α-hetero) is 1. The highest BCUT2D eigenvalue weighted by molar-refractivity contribution is 6.42. The van der Waals surface area contributed by atoms with Crippen LogP contribution in [-0.2, 0) is 24.0 Å². The van der Waals surface area contributed by atoms with E-state index in [9.17, 15) is 29.1 Å². The first-order valence-corrected chi connectivity index (χ1v) is 14.5. The molecule has 2 aliphatic rings. The van der Waals surface area contributed by atoms with E-state index in [0.29, 0.717) is 18.7 Å². The second-order valence-electron chi connectivity index (χ2n) is 11.7. The molecule has 40 heavy (non-hydrogen) atoms. The van der Waals surface area contributed by atoms with Gasteiger partial charge in [-0.15, -0.1) is 0 Å². The number of nitrogens with zero attached hydrogens (tertiary/aromatic N) is 1. The molecule has 0 bridgehead atoms. The van der Waals surface area contributed by atoms with Crippen LogP contribution in [0.1, 0.15) is 66.7 Å². The molecule has 0 aromatic heterocycles. The summed E-state index contributed by atoms with van der Waals surface area (Å²) >= 11 is 0. The molecule has 1 aromatic carbocycles. The fourth-order valence-electron chi connectivity index (χ4n) is 5.79. The van der Waals surface area contributed by atoms with E-state index in [1.165, 1.54) is 4.90 Å². The Bertz CT molecular complexity index is 1080. The van der Waals surface area contributed by atoms with Gasteiger partial charge in [0.25, 0.3) is 5.91 Å². The lowest BCUT2D eigenvalue weighted by atomic mass is 9.92. The van der Waals surface area contributed by atoms with Crippen LogP contribution >= 0.6 is 0 Å². The van der Waals surface area contributed by atoms with Crippen molar-refractivity contribution in [2.75, 3.05) is 11.9 Å². The highest BCUT2D eigenvalue weighted by atomic mass is 16.3. The maximum atomic E-state index is 13.8. The number of benzene rings is 1. The van der Waals surface area contributed by atoms with Crippen molar-refractivity contribution in [3.63, 3.8) is 0 Å². The maximum absolute atomic E-state index is 13.8. The number of hydrogen-bond acceptors (Lipinski definition) is 6. The van der Waals surface area contributed by atoms with Gasteiger partial charge >= 0.3 is 0 Å². The number of amides is 4. The van der Waals surface area contributed by atoms with Crippen LogP contribution in [0.5, 0.6) is 0 Å². The zero-order valence-electron chi connectivity index (χ0n) is 24.2. The number of nitrogens with one attached hydrogen (secondary N) is 3. The fraction of sp³-hybridized carbons (Fsp3) is 0.633. The quantitative estimate of drug-likeness (QED) is 0.291. The molecule has 4 amide bonds. The number of hydrogen-bond donors (Lipinski definition) is 4. The molecule has 3 rings (SSSR count). The lowest BCUT2D eigenvalue weighted by Crippen LogP contribution is -2.59. The van der Waals surface area contributed by atoms with Crippen molar-refractivity contribution in [1.29, 1.82) is 0 Å². The van der Waals surface area contributed by atoms with Crippen LogP contribution in [0.3, 0.4) is 0 Å². The second-order valence-corrected chi connectivity index (χ2v) is 11.7. The van der Waals surface area contributed by atoms with Crippen molar-refractivity contribution >= 4 is 35.1 Å². The average molecular weight is 557 g/mol.